The fraction of sp³-hybridized carbons (Fsp3) is 0.714. The fourth-order valence-electron chi connectivity index (χ4n) is 2.51. The second-order valence-corrected chi connectivity index (χ2v) is 7.15. The van der Waals surface area contributed by atoms with E-state index < -0.39 is 16.0 Å². The van der Waals surface area contributed by atoms with E-state index >= 15 is 0 Å². The van der Waals surface area contributed by atoms with Gasteiger partial charge >= 0.3 is 5.97 Å². The van der Waals surface area contributed by atoms with Crippen LogP contribution in [0.2, 0.25) is 0 Å². The summed E-state index contributed by atoms with van der Waals surface area (Å²) in [6.07, 6.45) is 4.97. The molecule has 1 aliphatic heterocycles. The Labute approximate surface area is 131 Å². The van der Waals surface area contributed by atoms with Gasteiger partial charge < -0.3 is 4.74 Å². The number of rotatable bonds is 6. The molecule has 1 saturated heterocycles. The number of sulfonamides is 1. The Bertz CT molecular complexity index is 618. The van der Waals surface area contributed by atoms with Gasteiger partial charge in [-0.3, -0.25) is 4.68 Å². The highest BCUT2D eigenvalue weighted by Gasteiger charge is 2.33. The molecule has 1 aromatic heterocycles. The van der Waals surface area contributed by atoms with Crippen LogP contribution in [0.15, 0.2) is 11.2 Å². The lowest BCUT2D eigenvalue weighted by atomic mass is 10.2. The molecule has 0 unspecified atom stereocenters. The van der Waals surface area contributed by atoms with Crippen molar-refractivity contribution in [2.45, 2.75) is 51.1 Å². The summed E-state index contributed by atoms with van der Waals surface area (Å²) in [4.78, 5) is 12.1. The van der Waals surface area contributed by atoms with Crippen molar-refractivity contribution >= 4 is 16.0 Å². The molecule has 1 aliphatic rings. The minimum Gasteiger partial charge on any atom is -0.462 e. The van der Waals surface area contributed by atoms with Crippen molar-refractivity contribution in [1.29, 1.82) is 0 Å². The lowest BCUT2D eigenvalue weighted by Crippen LogP contribution is -2.36. The average Bonchev–Trinajstić information content (AvgIpc) is 2.94. The topological polar surface area (TPSA) is 81.5 Å². The van der Waals surface area contributed by atoms with Gasteiger partial charge in [-0.15, -0.1) is 0 Å². The number of hydrogen-bond donors (Lipinski definition) is 0. The zero-order valence-electron chi connectivity index (χ0n) is 13.1. The van der Waals surface area contributed by atoms with Crippen LogP contribution in [0.4, 0.5) is 0 Å². The molecular weight excluding hydrogens is 306 g/mol. The molecule has 7 nitrogen and oxygen atoms in total. The first-order chi connectivity index (χ1) is 10.5. The van der Waals surface area contributed by atoms with Crippen LogP contribution in [0.5, 0.6) is 0 Å². The summed E-state index contributed by atoms with van der Waals surface area (Å²) in [5, 5.41) is 3.96. The van der Waals surface area contributed by atoms with E-state index in [-0.39, 0.29) is 17.2 Å². The highest BCUT2D eigenvalue weighted by atomic mass is 32.2. The third-order valence-corrected chi connectivity index (χ3v) is 5.41. The van der Waals surface area contributed by atoms with Gasteiger partial charge in [0, 0.05) is 25.8 Å². The first-order valence-corrected chi connectivity index (χ1v) is 9.19. The van der Waals surface area contributed by atoms with Crippen LogP contribution in [-0.2, 0) is 21.3 Å². The zero-order chi connectivity index (χ0) is 16.2. The molecule has 0 aliphatic carbocycles. The summed E-state index contributed by atoms with van der Waals surface area (Å²) < 4.78 is 33.4. The Morgan fingerprint density at radius 2 is 1.95 bits per heavy atom. The van der Waals surface area contributed by atoms with E-state index in [9.17, 15) is 13.2 Å². The van der Waals surface area contributed by atoms with E-state index in [1.807, 2.05) is 6.92 Å². The molecule has 22 heavy (non-hydrogen) atoms. The number of esters is 1. The van der Waals surface area contributed by atoms with Crippen molar-refractivity contribution in [3.8, 4) is 0 Å². The molecule has 2 rings (SSSR count). The van der Waals surface area contributed by atoms with Gasteiger partial charge in [-0.05, 0) is 26.2 Å². The van der Waals surface area contributed by atoms with Gasteiger partial charge in [-0.25, -0.2) is 13.2 Å². The molecule has 0 bridgehead atoms. The van der Waals surface area contributed by atoms with Crippen molar-refractivity contribution in [2.75, 3.05) is 19.7 Å². The SMILES string of the molecule is CCCn1cc(C(=O)OCC)c(S(=O)(=O)N2CCCCC2)n1. The third kappa shape index (κ3) is 3.49. The molecule has 0 N–H and O–H groups in total. The summed E-state index contributed by atoms with van der Waals surface area (Å²) in [5.41, 5.74) is 0.0286. The molecule has 1 fully saturated rings. The van der Waals surface area contributed by atoms with E-state index in [2.05, 4.69) is 5.10 Å². The molecule has 0 saturated carbocycles. The first-order valence-electron chi connectivity index (χ1n) is 7.75. The molecule has 2 heterocycles. The highest BCUT2D eigenvalue weighted by Crippen LogP contribution is 2.23. The van der Waals surface area contributed by atoms with Crippen LogP contribution in [0.25, 0.3) is 0 Å². The molecule has 0 aromatic carbocycles. The molecule has 1 aromatic rings. The van der Waals surface area contributed by atoms with Crippen LogP contribution in [0, 0.1) is 0 Å². The average molecular weight is 329 g/mol. The Hall–Kier alpha value is -1.41. The van der Waals surface area contributed by atoms with Gasteiger partial charge in [-0.1, -0.05) is 13.3 Å². The molecule has 0 radical (unpaired) electrons. The predicted octanol–water partition coefficient (Wildman–Crippen LogP) is 1.64. The van der Waals surface area contributed by atoms with Gasteiger partial charge in [0.1, 0.15) is 5.56 Å². The molecule has 0 spiro atoms. The lowest BCUT2D eigenvalue weighted by Gasteiger charge is -2.25. The van der Waals surface area contributed by atoms with Crippen molar-refractivity contribution in [3.63, 3.8) is 0 Å². The standard InChI is InChI=1S/C14H23N3O4S/c1-3-8-16-11-12(14(18)21-4-2)13(15-16)22(19,20)17-9-6-5-7-10-17/h11H,3-10H2,1-2H3. The molecule has 0 amide bonds. The smallest absolute Gasteiger partial charge is 0.342 e. The first kappa shape index (κ1) is 17.0. The molecular formula is C14H23N3O4S. The molecule has 124 valence electrons. The maximum absolute atomic E-state index is 12.8. The van der Waals surface area contributed by atoms with E-state index in [0.717, 1.165) is 25.7 Å². The quantitative estimate of drug-likeness (QED) is 0.741. The highest BCUT2D eigenvalue weighted by molar-refractivity contribution is 7.89. The maximum Gasteiger partial charge on any atom is 0.342 e. The van der Waals surface area contributed by atoms with E-state index in [4.69, 9.17) is 4.74 Å². The van der Waals surface area contributed by atoms with Gasteiger partial charge in [0.25, 0.3) is 10.0 Å². The fourth-order valence-corrected chi connectivity index (χ4v) is 4.12. The molecule has 8 heteroatoms. The normalized spacial score (nSPS) is 16.6. The number of nitrogens with zero attached hydrogens (tertiary/aromatic N) is 3. The Morgan fingerprint density at radius 1 is 1.27 bits per heavy atom. The number of aromatic nitrogens is 2. The van der Waals surface area contributed by atoms with Gasteiger partial charge in [-0.2, -0.15) is 9.40 Å². The second kappa shape index (κ2) is 7.23. The minimum atomic E-state index is -3.75. The minimum absolute atomic E-state index is 0.0286. The van der Waals surface area contributed by atoms with Crippen molar-refractivity contribution < 1.29 is 17.9 Å². The van der Waals surface area contributed by atoms with Crippen LogP contribution in [0.1, 0.15) is 49.9 Å². The number of carbonyl (C=O) groups is 1. The maximum atomic E-state index is 12.8. The van der Waals surface area contributed by atoms with Crippen LogP contribution < -0.4 is 0 Å². The zero-order valence-corrected chi connectivity index (χ0v) is 13.9. The number of hydrogen-bond acceptors (Lipinski definition) is 5. The van der Waals surface area contributed by atoms with E-state index in [1.165, 1.54) is 15.2 Å². The summed E-state index contributed by atoms with van der Waals surface area (Å²) >= 11 is 0. The van der Waals surface area contributed by atoms with Crippen LogP contribution in [0.3, 0.4) is 0 Å². The monoisotopic (exact) mass is 329 g/mol. The second-order valence-electron chi connectivity index (χ2n) is 5.30. The number of ether oxygens (including phenoxy) is 1. The summed E-state index contributed by atoms with van der Waals surface area (Å²) in [5.74, 6) is -0.638. The Morgan fingerprint density at radius 3 is 2.55 bits per heavy atom. The Kier molecular flexibility index (Phi) is 5.57. The summed E-state index contributed by atoms with van der Waals surface area (Å²) in [7, 11) is -3.75. The van der Waals surface area contributed by atoms with Gasteiger partial charge in [0.15, 0.2) is 0 Å². The Balaban J connectivity index is 2.40. The van der Waals surface area contributed by atoms with Crippen LogP contribution >= 0.6 is 0 Å². The van der Waals surface area contributed by atoms with E-state index in [1.54, 1.807) is 6.92 Å². The summed E-state index contributed by atoms with van der Waals surface area (Å²) in [6.45, 7) is 5.36. The van der Waals surface area contributed by atoms with Crippen molar-refractivity contribution in [2.24, 2.45) is 0 Å². The summed E-state index contributed by atoms with van der Waals surface area (Å²) in [6, 6.07) is 0. The number of piperidine rings is 1. The van der Waals surface area contributed by atoms with Crippen molar-refractivity contribution in [3.05, 3.63) is 11.8 Å². The van der Waals surface area contributed by atoms with E-state index in [0.29, 0.717) is 19.6 Å². The number of aryl methyl sites for hydroxylation is 1. The number of carbonyl (C=O) groups excluding carboxylic acids is 1. The van der Waals surface area contributed by atoms with Gasteiger partial charge in [0.2, 0.25) is 5.03 Å². The van der Waals surface area contributed by atoms with Crippen LogP contribution in [-0.4, -0.2) is 48.2 Å². The largest absolute Gasteiger partial charge is 0.462 e. The van der Waals surface area contributed by atoms with Crippen molar-refractivity contribution in [1.82, 2.24) is 14.1 Å². The third-order valence-electron chi connectivity index (χ3n) is 3.58. The lowest BCUT2D eigenvalue weighted by molar-refractivity contribution is 0.0521. The molecule has 0 atom stereocenters. The predicted molar refractivity (Wildman–Crippen MR) is 81.1 cm³/mol. The van der Waals surface area contributed by atoms with Gasteiger partial charge in [0.05, 0.1) is 6.61 Å².